The summed E-state index contributed by atoms with van der Waals surface area (Å²) in [5.41, 5.74) is 3.16. The van der Waals surface area contributed by atoms with E-state index >= 15 is 0 Å². The predicted molar refractivity (Wildman–Crippen MR) is 122 cm³/mol. The number of anilines is 1. The molecular formula is C21H18BCl2NO2S. The second kappa shape index (κ2) is 8.86. The highest BCUT2D eigenvalue weighted by molar-refractivity contribution is 7.95. The average Bonchev–Trinajstić information content (AvgIpc) is 2.65. The Bertz CT molecular complexity index is 1120. The van der Waals surface area contributed by atoms with Gasteiger partial charge in [-0.15, -0.1) is 0 Å². The summed E-state index contributed by atoms with van der Waals surface area (Å²) in [6.07, 6.45) is 1.54. The highest BCUT2D eigenvalue weighted by atomic mass is 35.5. The molecule has 0 fully saturated rings. The summed E-state index contributed by atoms with van der Waals surface area (Å²) in [5, 5.41) is 2.21. The van der Waals surface area contributed by atoms with Gasteiger partial charge in [-0.25, -0.2) is 8.42 Å². The Hall–Kier alpha value is -2.21. The van der Waals surface area contributed by atoms with E-state index in [0.29, 0.717) is 21.3 Å². The van der Waals surface area contributed by atoms with Crippen LogP contribution in [0.15, 0.2) is 78.2 Å². The first-order valence-corrected chi connectivity index (χ1v) is 10.9. The van der Waals surface area contributed by atoms with Crippen LogP contribution in [0.2, 0.25) is 10.0 Å². The number of hydrogen-bond acceptors (Lipinski definition) is 2. The second-order valence-corrected chi connectivity index (χ2v) is 8.99. The summed E-state index contributed by atoms with van der Waals surface area (Å²) in [6, 6.07) is 21.6. The van der Waals surface area contributed by atoms with Crippen molar-refractivity contribution >= 4 is 58.3 Å². The van der Waals surface area contributed by atoms with E-state index in [0.717, 1.165) is 11.0 Å². The Kier molecular flexibility index (Phi) is 6.50. The van der Waals surface area contributed by atoms with Gasteiger partial charge >= 0.3 is 0 Å². The Labute approximate surface area is 176 Å². The summed E-state index contributed by atoms with van der Waals surface area (Å²) < 4.78 is 27.6. The lowest BCUT2D eigenvalue weighted by molar-refractivity contribution is 0.599. The molecular weight excluding hydrogens is 412 g/mol. The molecule has 3 rings (SSSR count). The number of halogens is 2. The summed E-state index contributed by atoms with van der Waals surface area (Å²) in [6.45, 7) is 0.199. The Morgan fingerprint density at radius 3 is 2.25 bits per heavy atom. The van der Waals surface area contributed by atoms with Gasteiger partial charge in [0.25, 0.3) is 10.0 Å². The lowest BCUT2D eigenvalue weighted by atomic mass is 9.94. The van der Waals surface area contributed by atoms with E-state index in [1.807, 2.05) is 32.1 Å². The molecule has 0 amide bonds. The third-order valence-corrected chi connectivity index (χ3v) is 6.00. The molecule has 28 heavy (non-hydrogen) atoms. The first-order valence-electron chi connectivity index (χ1n) is 8.61. The van der Waals surface area contributed by atoms with E-state index in [4.69, 9.17) is 23.2 Å². The van der Waals surface area contributed by atoms with Crippen LogP contribution < -0.4 is 9.77 Å². The Morgan fingerprint density at radius 2 is 1.57 bits per heavy atom. The van der Waals surface area contributed by atoms with Crippen molar-refractivity contribution in [2.45, 2.75) is 6.54 Å². The van der Waals surface area contributed by atoms with Gasteiger partial charge in [-0.1, -0.05) is 71.1 Å². The van der Waals surface area contributed by atoms with Crippen LogP contribution in [-0.4, -0.2) is 16.3 Å². The molecule has 0 heterocycles. The fourth-order valence-corrected chi connectivity index (χ4v) is 4.38. The van der Waals surface area contributed by atoms with Gasteiger partial charge in [0.05, 0.1) is 17.6 Å². The highest BCUT2D eigenvalue weighted by Crippen LogP contribution is 2.25. The smallest absolute Gasteiger partial charge is 0.257 e. The molecule has 0 unspecified atom stereocenters. The van der Waals surface area contributed by atoms with Crippen molar-refractivity contribution in [1.29, 1.82) is 0 Å². The first kappa shape index (κ1) is 20.5. The van der Waals surface area contributed by atoms with E-state index in [1.54, 1.807) is 48.5 Å². The zero-order valence-electron chi connectivity index (χ0n) is 15.2. The monoisotopic (exact) mass is 429 g/mol. The van der Waals surface area contributed by atoms with Crippen molar-refractivity contribution in [2.75, 3.05) is 4.31 Å². The Balaban J connectivity index is 1.99. The number of hydrogen-bond donors (Lipinski definition) is 0. The Morgan fingerprint density at radius 1 is 0.893 bits per heavy atom. The minimum atomic E-state index is -3.76. The van der Waals surface area contributed by atoms with E-state index < -0.39 is 10.0 Å². The maximum atomic E-state index is 13.2. The fraction of sp³-hybridized carbons (Fsp3) is 0.0476. The normalized spacial score (nSPS) is 11.6. The molecule has 0 aliphatic heterocycles. The first-order chi connectivity index (χ1) is 13.3. The van der Waals surface area contributed by atoms with Crippen LogP contribution in [0.1, 0.15) is 11.1 Å². The summed E-state index contributed by atoms with van der Waals surface area (Å²) in [5.74, 6) is 0. The van der Waals surface area contributed by atoms with E-state index in [1.165, 1.54) is 15.8 Å². The molecule has 0 atom stereocenters. The molecule has 0 aliphatic rings. The van der Waals surface area contributed by atoms with Gasteiger partial charge in [-0.3, -0.25) is 4.31 Å². The van der Waals surface area contributed by atoms with Crippen molar-refractivity contribution in [1.82, 2.24) is 0 Å². The quantitative estimate of drug-likeness (QED) is 0.549. The van der Waals surface area contributed by atoms with Crippen LogP contribution >= 0.6 is 23.2 Å². The molecule has 0 aromatic heterocycles. The van der Waals surface area contributed by atoms with Crippen molar-refractivity contribution in [2.24, 2.45) is 0 Å². The van der Waals surface area contributed by atoms with Gasteiger partial charge in [0, 0.05) is 10.0 Å². The van der Waals surface area contributed by atoms with Gasteiger partial charge in [0.2, 0.25) is 0 Å². The molecule has 0 N–H and O–H groups in total. The molecule has 0 bridgehead atoms. The second-order valence-electron chi connectivity index (χ2n) is 6.38. The molecule has 0 spiro atoms. The third-order valence-electron chi connectivity index (χ3n) is 4.09. The van der Waals surface area contributed by atoms with E-state index in [-0.39, 0.29) is 6.54 Å². The van der Waals surface area contributed by atoms with Crippen molar-refractivity contribution in [3.8, 4) is 0 Å². The van der Waals surface area contributed by atoms with Gasteiger partial charge < -0.3 is 0 Å². The number of nitrogens with zero attached hydrogens (tertiary/aromatic N) is 1. The third kappa shape index (κ3) is 5.41. The van der Waals surface area contributed by atoms with Gasteiger partial charge in [0.1, 0.15) is 7.85 Å². The zero-order chi connectivity index (χ0) is 20.1. The topological polar surface area (TPSA) is 37.4 Å². The standard InChI is InChI=1S/C21H18BCl2NO2S/c22-18-6-1-5-17(12-18)15-25(21-9-3-8-20(24)14-21)28(26,27)11-10-16-4-2-7-19(23)13-16/h1-14H,15,22H2/b11-10+. The maximum absolute atomic E-state index is 13.2. The summed E-state index contributed by atoms with van der Waals surface area (Å²) in [4.78, 5) is 0. The SMILES string of the molecule is Bc1cccc(CN(c2cccc(Cl)c2)S(=O)(=O)/C=C/c2cccc(Cl)c2)c1. The van der Waals surface area contributed by atoms with Crippen molar-refractivity contribution in [3.05, 3.63) is 99.4 Å². The minimum Gasteiger partial charge on any atom is -0.262 e. The van der Waals surface area contributed by atoms with Gasteiger partial charge in [-0.05, 0) is 47.5 Å². The van der Waals surface area contributed by atoms with Crippen molar-refractivity contribution in [3.63, 3.8) is 0 Å². The summed E-state index contributed by atoms with van der Waals surface area (Å²) >= 11 is 12.1. The number of rotatable bonds is 6. The minimum absolute atomic E-state index is 0.199. The molecule has 142 valence electrons. The number of benzene rings is 3. The largest absolute Gasteiger partial charge is 0.262 e. The lowest BCUT2D eigenvalue weighted by Gasteiger charge is -2.23. The van der Waals surface area contributed by atoms with Crippen LogP contribution in [0.3, 0.4) is 0 Å². The molecule has 7 heteroatoms. The average molecular weight is 430 g/mol. The number of sulfonamides is 1. The van der Waals surface area contributed by atoms with Crippen LogP contribution in [0.25, 0.3) is 6.08 Å². The van der Waals surface area contributed by atoms with E-state index in [9.17, 15) is 8.42 Å². The maximum Gasteiger partial charge on any atom is 0.257 e. The van der Waals surface area contributed by atoms with E-state index in [2.05, 4.69) is 0 Å². The van der Waals surface area contributed by atoms with Gasteiger partial charge in [0.15, 0.2) is 0 Å². The zero-order valence-corrected chi connectivity index (χ0v) is 17.5. The molecule has 0 radical (unpaired) electrons. The highest BCUT2D eigenvalue weighted by Gasteiger charge is 2.20. The lowest BCUT2D eigenvalue weighted by Crippen LogP contribution is -2.29. The molecule has 3 aromatic rings. The molecule has 0 aliphatic carbocycles. The summed E-state index contributed by atoms with van der Waals surface area (Å²) in [7, 11) is -1.79. The van der Waals surface area contributed by atoms with Crippen LogP contribution in [0, 0.1) is 0 Å². The fourth-order valence-electron chi connectivity index (χ4n) is 2.78. The predicted octanol–water partition coefficient (Wildman–Crippen LogP) is 4.26. The molecule has 3 nitrogen and oxygen atoms in total. The van der Waals surface area contributed by atoms with Crippen LogP contribution in [-0.2, 0) is 16.6 Å². The molecule has 0 saturated heterocycles. The molecule has 0 saturated carbocycles. The molecule has 3 aromatic carbocycles. The van der Waals surface area contributed by atoms with Crippen LogP contribution in [0.4, 0.5) is 5.69 Å². The van der Waals surface area contributed by atoms with Crippen molar-refractivity contribution < 1.29 is 8.42 Å². The van der Waals surface area contributed by atoms with Gasteiger partial charge in [-0.2, -0.15) is 0 Å². The van der Waals surface area contributed by atoms with Crippen LogP contribution in [0.5, 0.6) is 0 Å².